The zero-order valence-electron chi connectivity index (χ0n) is 10.6. The summed E-state index contributed by atoms with van der Waals surface area (Å²) in [7, 11) is 0. The van der Waals surface area contributed by atoms with Crippen LogP contribution in [0.15, 0.2) is 64.8 Å². The Bertz CT molecular complexity index is 638. The first-order valence-corrected chi connectivity index (χ1v) is 7.25. The van der Waals surface area contributed by atoms with Crippen LogP contribution in [0.5, 0.6) is 0 Å². The highest BCUT2D eigenvalue weighted by atomic mass is 79.9. The molecule has 1 aliphatic carbocycles. The largest absolute Gasteiger partial charge is 0.268 e. The average Bonchev–Trinajstić information content (AvgIpc) is 2.88. The molecule has 1 aliphatic rings. The van der Waals surface area contributed by atoms with Gasteiger partial charge in [-0.3, -0.25) is 4.68 Å². The Kier molecular flexibility index (Phi) is 3.65. The summed E-state index contributed by atoms with van der Waals surface area (Å²) in [4.78, 5) is 0. The topological polar surface area (TPSA) is 17.8 Å². The van der Waals surface area contributed by atoms with Gasteiger partial charge in [0.15, 0.2) is 0 Å². The number of rotatable bonds is 3. The van der Waals surface area contributed by atoms with Gasteiger partial charge in [-0.05, 0) is 36.6 Å². The Morgan fingerprint density at radius 1 is 1.21 bits per heavy atom. The fraction of sp³-hybridized carbons (Fsp3) is 0.188. The predicted octanol–water partition coefficient (Wildman–Crippen LogP) is 4.59. The van der Waals surface area contributed by atoms with Gasteiger partial charge in [0.2, 0.25) is 0 Å². The summed E-state index contributed by atoms with van der Waals surface area (Å²) in [5.74, 6) is 0. The Morgan fingerprint density at radius 2 is 2.16 bits per heavy atom. The number of benzene rings is 1. The molecule has 3 heteroatoms. The zero-order valence-corrected chi connectivity index (χ0v) is 12.2. The normalized spacial score (nSPS) is 14.5. The molecule has 0 amide bonds. The standard InChI is InChI=1S/C16H15BrN2/c17-15-8-4-7-14(11-15)16-9-10-19(18-16)12-13-5-2-1-3-6-13/h2,4-11H,1,3,12H2. The van der Waals surface area contributed by atoms with Crippen molar-refractivity contribution in [2.75, 3.05) is 0 Å². The third-order valence-corrected chi connectivity index (χ3v) is 3.67. The number of nitrogens with zero attached hydrogens (tertiary/aromatic N) is 2. The molecule has 0 fully saturated rings. The van der Waals surface area contributed by atoms with Gasteiger partial charge in [0.05, 0.1) is 12.2 Å². The van der Waals surface area contributed by atoms with Crippen LogP contribution in [0.25, 0.3) is 11.3 Å². The highest BCUT2D eigenvalue weighted by molar-refractivity contribution is 9.10. The van der Waals surface area contributed by atoms with Crippen molar-refractivity contribution in [2.45, 2.75) is 19.4 Å². The van der Waals surface area contributed by atoms with E-state index in [1.165, 1.54) is 5.57 Å². The quantitative estimate of drug-likeness (QED) is 0.810. The molecule has 0 radical (unpaired) electrons. The van der Waals surface area contributed by atoms with E-state index in [-0.39, 0.29) is 0 Å². The first-order chi connectivity index (χ1) is 9.31. The van der Waals surface area contributed by atoms with Crippen molar-refractivity contribution in [3.63, 3.8) is 0 Å². The minimum atomic E-state index is 0.852. The Balaban J connectivity index is 1.79. The van der Waals surface area contributed by atoms with Crippen molar-refractivity contribution < 1.29 is 0 Å². The van der Waals surface area contributed by atoms with Crippen LogP contribution in [0.1, 0.15) is 12.8 Å². The van der Waals surface area contributed by atoms with Gasteiger partial charge in [-0.1, -0.05) is 46.3 Å². The van der Waals surface area contributed by atoms with E-state index >= 15 is 0 Å². The highest BCUT2D eigenvalue weighted by Gasteiger charge is 2.04. The van der Waals surface area contributed by atoms with Crippen LogP contribution >= 0.6 is 15.9 Å². The SMILES string of the molecule is Brc1cccc(-c2ccn(CC3=CCCC=C3)n2)c1. The molecule has 0 N–H and O–H groups in total. The molecule has 0 aliphatic heterocycles. The van der Waals surface area contributed by atoms with E-state index in [9.17, 15) is 0 Å². The lowest BCUT2D eigenvalue weighted by Gasteiger charge is -2.06. The van der Waals surface area contributed by atoms with Crippen LogP contribution in [-0.2, 0) is 6.54 Å². The third kappa shape index (κ3) is 3.04. The molecule has 0 atom stereocenters. The minimum Gasteiger partial charge on any atom is -0.268 e. The molecular weight excluding hydrogens is 300 g/mol. The van der Waals surface area contributed by atoms with E-state index in [1.807, 2.05) is 23.0 Å². The van der Waals surface area contributed by atoms with Gasteiger partial charge in [0.25, 0.3) is 0 Å². The molecule has 0 unspecified atom stereocenters. The van der Waals surface area contributed by atoms with Crippen molar-refractivity contribution in [3.8, 4) is 11.3 Å². The summed E-state index contributed by atoms with van der Waals surface area (Å²) in [6.07, 6.45) is 11.1. The van der Waals surface area contributed by atoms with Gasteiger partial charge in [-0.15, -0.1) is 0 Å². The molecule has 1 aromatic carbocycles. The highest BCUT2D eigenvalue weighted by Crippen LogP contribution is 2.21. The molecule has 0 spiro atoms. The second kappa shape index (κ2) is 5.57. The summed E-state index contributed by atoms with van der Waals surface area (Å²) >= 11 is 3.49. The molecule has 19 heavy (non-hydrogen) atoms. The lowest BCUT2D eigenvalue weighted by molar-refractivity contribution is 0.683. The van der Waals surface area contributed by atoms with Crippen molar-refractivity contribution in [1.82, 2.24) is 9.78 Å². The first-order valence-electron chi connectivity index (χ1n) is 6.46. The maximum Gasteiger partial charge on any atom is 0.0923 e. The number of allylic oxidation sites excluding steroid dienone is 4. The van der Waals surface area contributed by atoms with Crippen LogP contribution in [0.3, 0.4) is 0 Å². The van der Waals surface area contributed by atoms with Crippen LogP contribution in [-0.4, -0.2) is 9.78 Å². The van der Waals surface area contributed by atoms with E-state index in [0.717, 1.165) is 35.1 Å². The van der Waals surface area contributed by atoms with Crippen molar-refractivity contribution in [1.29, 1.82) is 0 Å². The van der Waals surface area contributed by atoms with E-state index in [1.54, 1.807) is 0 Å². The summed E-state index contributed by atoms with van der Waals surface area (Å²) in [6.45, 7) is 0.852. The Hall–Kier alpha value is -1.61. The fourth-order valence-corrected chi connectivity index (χ4v) is 2.62. The van der Waals surface area contributed by atoms with Gasteiger partial charge in [0.1, 0.15) is 0 Å². The molecule has 3 rings (SSSR count). The van der Waals surface area contributed by atoms with Crippen LogP contribution in [0.4, 0.5) is 0 Å². The zero-order chi connectivity index (χ0) is 13.1. The summed E-state index contributed by atoms with van der Waals surface area (Å²) in [6, 6.07) is 10.3. The second-order valence-electron chi connectivity index (χ2n) is 4.67. The molecule has 2 aromatic rings. The second-order valence-corrected chi connectivity index (χ2v) is 5.58. The summed E-state index contributed by atoms with van der Waals surface area (Å²) in [5, 5.41) is 4.64. The Morgan fingerprint density at radius 3 is 2.95 bits per heavy atom. The fourth-order valence-electron chi connectivity index (χ4n) is 2.22. The lowest BCUT2D eigenvalue weighted by Crippen LogP contribution is -2.01. The molecular formula is C16H15BrN2. The number of aromatic nitrogens is 2. The van der Waals surface area contributed by atoms with E-state index in [0.29, 0.717) is 0 Å². The summed E-state index contributed by atoms with van der Waals surface area (Å²) < 4.78 is 3.08. The first kappa shape index (κ1) is 12.4. The van der Waals surface area contributed by atoms with Gasteiger partial charge in [-0.2, -0.15) is 5.10 Å². The smallest absolute Gasteiger partial charge is 0.0923 e. The minimum absolute atomic E-state index is 0.852. The van der Waals surface area contributed by atoms with Gasteiger partial charge in [-0.25, -0.2) is 0 Å². The van der Waals surface area contributed by atoms with Crippen molar-refractivity contribution in [3.05, 3.63) is 64.8 Å². The Labute approximate surface area is 121 Å². The summed E-state index contributed by atoms with van der Waals surface area (Å²) in [5.41, 5.74) is 3.50. The molecule has 1 heterocycles. The predicted molar refractivity (Wildman–Crippen MR) is 81.8 cm³/mol. The molecule has 0 bridgehead atoms. The van der Waals surface area contributed by atoms with Crippen LogP contribution in [0.2, 0.25) is 0 Å². The van der Waals surface area contributed by atoms with Gasteiger partial charge >= 0.3 is 0 Å². The van der Waals surface area contributed by atoms with Gasteiger partial charge in [0, 0.05) is 16.2 Å². The molecule has 1 aromatic heterocycles. The van der Waals surface area contributed by atoms with Crippen LogP contribution in [0, 0.1) is 0 Å². The third-order valence-electron chi connectivity index (χ3n) is 3.18. The number of hydrogen-bond acceptors (Lipinski definition) is 1. The van der Waals surface area contributed by atoms with E-state index in [2.05, 4.69) is 57.5 Å². The van der Waals surface area contributed by atoms with E-state index in [4.69, 9.17) is 0 Å². The maximum absolute atomic E-state index is 4.64. The molecule has 96 valence electrons. The van der Waals surface area contributed by atoms with Crippen LogP contribution < -0.4 is 0 Å². The number of halogens is 1. The lowest BCUT2D eigenvalue weighted by atomic mass is 10.1. The number of hydrogen-bond donors (Lipinski definition) is 0. The maximum atomic E-state index is 4.64. The molecule has 2 nitrogen and oxygen atoms in total. The monoisotopic (exact) mass is 314 g/mol. The molecule has 0 saturated heterocycles. The van der Waals surface area contributed by atoms with Gasteiger partial charge < -0.3 is 0 Å². The van der Waals surface area contributed by atoms with E-state index < -0.39 is 0 Å². The molecule has 0 saturated carbocycles. The van der Waals surface area contributed by atoms with Crippen molar-refractivity contribution in [2.24, 2.45) is 0 Å². The van der Waals surface area contributed by atoms with Crippen molar-refractivity contribution >= 4 is 15.9 Å². The average molecular weight is 315 g/mol.